The molecular formula is C16H15BrN6O3. The first kappa shape index (κ1) is 17.9. The molecule has 0 saturated heterocycles. The summed E-state index contributed by atoms with van der Waals surface area (Å²) in [7, 11) is 3.03. The van der Waals surface area contributed by atoms with Crippen LogP contribution in [0.25, 0.3) is 16.9 Å². The number of rotatable bonds is 4. The molecular weight excluding hydrogens is 404 g/mol. The van der Waals surface area contributed by atoms with Gasteiger partial charge in [0.25, 0.3) is 11.5 Å². The highest BCUT2D eigenvalue weighted by atomic mass is 79.9. The Morgan fingerprint density at radius 1 is 1.19 bits per heavy atom. The van der Waals surface area contributed by atoms with Gasteiger partial charge in [0.05, 0.1) is 5.69 Å². The first-order valence-electron chi connectivity index (χ1n) is 7.61. The number of carbonyl (C=O) groups excluding carboxylic acids is 2. The van der Waals surface area contributed by atoms with E-state index in [-0.39, 0.29) is 11.2 Å². The van der Waals surface area contributed by atoms with Crippen LogP contribution in [0.2, 0.25) is 0 Å². The Balaban J connectivity index is 2.16. The summed E-state index contributed by atoms with van der Waals surface area (Å²) in [6.07, 6.45) is 1.18. The predicted octanol–water partition coefficient (Wildman–Crippen LogP) is 0.958. The SMILES string of the molecule is CC(=O)[C@@H](C(=O)N(C)C)n1cnc2c(nnn2-c2ccc(Br)cc2)c1=O. The van der Waals surface area contributed by atoms with Crippen LogP contribution < -0.4 is 5.56 Å². The smallest absolute Gasteiger partial charge is 0.284 e. The van der Waals surface area contributed by atoms with Gasteiger partial charge in [-0.25, -0.2) is 4.98 Å². The van der Waals surface area contributed by atoms with Crippen LogP contribution in [0.5, 0.6) is 0 Å². The van der Waals surface area contributed by atoms with Gasteiger partial charge in [-0.1, -0.05) is 21.1 Å². The molecule has 0 N–H and O–H groups in total. The number of carbonyl (C=O) groups is 2. The van der Waals surface area contributed by atoms with Crippen LogP contribution in [-0.2, 0) is 9.59 Å². The standard InChI is InChI=1S/C16H15BrN6O3/c1-9(24)13(16(26)21(2)3)22-8-18-14-12(15(22)25)19-20-23(14)11-6-4-10(17)5-7-11/h4-8,13H,1-3H3/t13-/m0/s1. The van der Waals surface area contributed by atoms with Gasteiger partial charge < -0.3 is 4.90 Å². The Morgan fingerprint density at radius 2 is 1.85 bits per heavy atom. The molecule has 1 atom stereocenters. The number of hydrogen-bond donors (Lipinski definition) is 0. The van der Waals surface area contributed by atoms with Gasteiger partial charge in [0.2, 0.25) is 0 Å². The maximum Gasteiger partial charge on any atom is 0.284 e. The molecule has 2 heterocycles. The van der Waals surface area contributed by atoms with Crippen molar-refractivity contribution in [1.29, 1.82) is 0 Å². The van der Waals surface area contributed by atoms with Crippen LogP contribution in [0.1, 0.15) is 13.0 Å². The molecule has 0 spiro atoms. The molecule has 2 aromatic heterocycles. The number of benzene rings is 1. The molecule has 3 aromatic rings. The molecule has 0 fully saturated rings. The number of fused-ring (bicyclic) bond motifs is 1. The summed E-state index contributed by atoms with van der Waals surface area (Å²) in [6, 6.07) is 5.95. The number of Topliss-reactive ketones (excluding diaryl/α,β-unsaturated/α-hetero) is 1. The van der Waals surface area contributed by atoms with E-state index in [2.05, 4.69) is 31.2 Å². The molecule has 0 aliphatic heterocycles. The minimum atomic E-state index is -1.28. The second kappa shape index (κ2) is 6.79. The van der Waals surface area contributed by atoms with Crippen molar-refractivity contribution in [3.63, 3.8) is 0 Å². The summed E-state index contributed by atoms with van der Waals surface area (Å²) in [4.78, 5) is 42.5. The van der Waals surface area contributed by atoms with Crippen LogP contribution >= 0.6 is 15.9 Å². The zero-order chi connectivity index (χ0) is 19.0. The van der Waals surface area contributed by atoms with Crippen LogP contribution in [0.4, 0.5) is 0 Å². The van der Waals surface area contributed by atoms with E-state index in [1.54, 1.807) is 12.1 Å². The summed E-state index contributed by atoms with van der Waals surface area (Å²) in [5.74, 6) is -0.978. The fourth-order valence-electron chi connectivity index (χ4n) is 2.50. The molecule has 10 heteroatoms. The van der Waals surface area contributed by atoms with E-state index in [4.69, 9.17) is 0 Å². The molecule has 134 valence electrons. The lowest BCUT2D eigenvalue weighted by molar-refractivity contribution is -0.137. The van der Waals surface area contributed by atoms with E-state index in [0.717, 1.165) is 9.04 Å². The number of amides is 1. The summed E-state index contributed by atoms with van der Waals surface area (Å²) in [6.45, 7) is 1.25. The highest BCUT2D eigenvalue weighted by Crippen LogP contribution is 2.16. The van der Waals surface area contributed by atoms with Gasteiger partial charge in [0.15, 0.2) is 23.0 Å². The average molecular weight is 419 g/mol. The normalized spacial score (nSPS) is 12.2. The Labute approximate surface area is 156 Å². The number of aromatic nitrogens is 5. The van der Waals surface area contributed by atoms with Crippen molar-refractivity contribution < 1.29 is 9.59 Å². The molecule has 0 radical (unpaired) electrons. The molecule has 0 unspecified atom stereocenters. The molecule has 1 amide bonds. The number of nitrogens with zero attached hydrogens (tertiary/aromatic N) is 6. The Hall–Kier alpha value is -2.88. The van der Waals surface area contributed by atoms with Crippen molar-refractivity contribution in [3.8, 4) is 5.69 Å². The molecule has 1 aromatic carbocycles. The minimum Gasteiger partial charge on any atom is -0.347 e. The summed E-state index contributed by atoms with van der Waals surface area (Å²) in [5, 5.41) is 7.87. The van der Waals surface area contributed by atoms with Crippen molar-refractivity contribution >= 4 is 38.8 Å². The second-order valence-electron chi connectivity index (χ2n) is 5.85. The molecule has 9 nitrogen and oxygen atoms in total. The van der Waals surface area contributed by atoms with Crippen molar-refractivity contribution in [1.82, 2.24) is 29.4 Å². The Kier molecular flexibility index (Phi) is 4.68. The molecule has 0 bridgehead atoms. The van der Waals surface area contributed by atoms with Crippen molar-refractivity contribution in [2.24, 2.45) is 0 Å². The monoisotopic (exact) mass is 418 g/mol. The lowest BCUT2D eigenvalue weighted by Crippen LogP contribution is -2.40. The lowest BCUT2D eigenvalue weighted by Gasteiger charge is -2.19. The van der Waals surface area contributed by atoms with E-state index in [1.165, 1.54) is 36.9 Å². The van der Waals surface area contributed by atoms with Gasteiger partial charge in [-0.3, -0.25) is 19.0 Å². The fourth-order valence-corrected chi connectivity index (χ4v) is 2.76. The minimum absolute atomic E-state index is 0.0202. The van der Waals surface area contributed by atoms with Crippen molar-refractivity contribution in [3.05, 3.63) is 45.4 Å². The summed E-state index contributed by atoms with van der Waals surface area (Å²) >= 11 is 3.35. The van der Waals surface area contributed by atoms with E-state index in [9.17, 15) is 14.4 Å². The van der Waals surface area contributed by atoms with Crippen LogP contribution in [-0.4, -0.2) is 55.2 Å². The number of ketones is 1. The summed E-state index contributed by atoms with van der Waals surface area (Å²) in [5.41, 5.74) is 0.294. The average Bonchev–Trinajstić information content (AvgIpc) is 3.02. The largest absolute Gasteiger partial charge is 0.347 e. The maximum atomic E-state index is 12.8. The topological polar surface area (TPSA) is 103 Å². The zero-order valence-corrected chi connectivity index (χ0v) is 15.8. The van der Waals surface area contributed by atoms with E-state index in [0.29, 0.717) is 5.69 Å². The van der Waals surface area contributed by atoms with E-state index < -0.39 is 23.3 Å². The van der Waals surface area contributed by atoms with Gasteiger partial charge in [0.1, 0.15) is 6.33 Å². The van der Waals surface area contributed by atoms with Crippen molar-refractivity contribution in [2.45, 2.75) is 13.0 Å². The Morgan fingerprint density at radius 3 is 2.42 bits per heavy atom. The maximum absolute atomic E-state index is 12.8. The second-order valence-corrected chi connectivity index (χ2v) is 6.77. The van der Waals surface area contributed by atoms with E-state index in [1.807, 2.05) is 12.1 Å². The third-order valence-corrected chi connectivity index (χ3v) is 4.33. The first-order valence-corrected chi connectivity index (χ1v) is 8.40. The molecule has 0 aliphatic carbocycles. The van der Waals surface area contributed by atoms with Crippen LogP contribution in [0.3, 0.4) is 0 Å². The third-order valence-electron chi connectivity index (χ3n) is 3.80. The van der Waals surface area contributed by atoms with Crippen molar-refractivity contribution in [2.75, 3.05) is 14.1 Å². The van der Waals surface area contributed by atoms with Gasteiger partial charge in [0, 0.05) is 18.6 Å². The molecule has 3 rings (SSSR count). The third kappa shape index (κ3) is 3.03. The van der Waals surface area contributed by atoms with Gasteiger partial charge >= 0.3 is 0 Å². The molecule has 0 aliphatic rings. The Bertz CT molecular complexity index is 1050. The number of halogens is 1. The van der Waals surface area contributed by atoms with Gasteiger partial charge in [-0.05, 0) is 31.2 Å². The van der Waals surface area contributed by atoms with Crippen LogP contribution in [0, 0.1) is 0 Å². The zero-order valence-electron chi connectivity index (χ0n) is 14.3. The quantitative estimate of drug-likeness (QED) is 0.584. The van der Waals surface area contributed by atoms with Crippen LogP contribution in [0.15, 0.2) is 39.9 Å². The first-order chi connectivity index (χ1) is 12.3. The highest BCUT2D eigenvalue weighted by molar-refractivity contribution is 9.10. The fraction of sp³-hybridized carbons (Fsp3) is 0.250. The number of likely N-dealkylation sites (N-methyl/N-ethyl adjacent to an activating group) is 1. The summed E-state index contributed by atoms with van der Waals surface area (Å²) < 4.78 is 3.31. The van der Waals surface area contributed by atoms with E-state index >= 15 is 0 Å². The van der Waals surface area contributed by atoms with Gasteiger partial charge in [-0.2, -0.15) is 4.68 Å². The van der Waals surface area contributed by atoms with Gasteiger partial charge in [-0.15, -0.1) is 5.10 Å². The molecule has 26 heavy (non-hydrogen) atoms. The number of hydrogen-bond acceptors (Lipinski definition) is 6. The predicted molar refractivity (Wildman–Crippen MR) is 97.0 cm³/mol. The molecule has 0 saturated carbocycles. The lowest BCUT2D eigenvalue weighted by atomic mass is 10.2. The highest BCUT2D eigenvalue weighted by Gasteiger charge is 2.29.